The Kier molecular flexibility index (Phi) is 4.81. The molecule has 19 heavy (non-hydrogen) atoms. The van der Waals surface area contributed by atoms with Crippen molar-refractivity contribution in [2.24, 2.45) is 5.73 Å². The molecule has 1 aromatic rings. The summed E-state index contributed by atoms with van der Waals surface area (Å²) in [5.74, 6) is -0.690. The zero-order valence-corrected chi connectivity index (χ0v) is 12.6. The number of halogens is 1. The van der Waals surface area contributed by atoms with E-state index in [1.807, 2.05) is 6.92 Å². The van der Waals surface area contributed by atoms with Crippen LogP contribution in [0.1, 0.15) is 18.9 Å². The van der Waals surface area contributed by atoms with Crippen LogP contribution in [0.25, 0.3) is 0 Å². The van der Waals surface area contributed by atoms with Crippen LogP contribution >= 0.6 is 11.6 Å². The number of carbonyl (C=O) groups is 1. The van der Waals surface area contributed by atoms with Gasteiger partial charge in [0.25, 0.3) is 0 Å². The van der Waals surface area contributed by atoms with Gasteiger partial charge in [0.15, 0.2) is 0 Å². The standard InChI is InChI=1S/C12H17ClN2O3S/c1-4-11(12(14)16)15(19(3,17)18)9-6-5-8(2)10(13)7-9/h5-7,11H,4H2,1-3H3,(H2,14,16)/t11-/m1/s1. The molecule has 1 aromatic carbocycles. The Bertz CT molecular complexity index is 587. The summed E-state index contributed by atoms with van der Waals surface area (Å²) < 4.78 is 24.8. The van der Waals surface area contributed by atoms with Gasteiger partial charge in [0.05, 0.1) is 11.9 Å². The molecule has 0 aliphatic heterocycles. The van der Waals surface area contributed by atoms with E-state index in [0.717, 1.165) is 16.1 Å². The van der Waals surface area contributed by atoms with Crippen molar-refractivity contribution in [2.75, 3.05) is 10.6 Å². The Labute approximate surface area is 118 Å². The number of carbonyl (C=O) groups excluding carboxylic acids is 1. The first-order chi connectivity index (χ1) is 8.68. The molecule has 0 spiro atoms. The maximum Gasteiger partial charge on any atom is 0.241 e. The van der Waals surface area contributed by atoms with Crippen LogP contribution < -0.4 is 10.0 Å². The quantitative estimate of drug-likeness (QED) is 0.898. The molecule has 7 heteroatoms. The van der Waals surface area contributed by atoms with Gasteiger partial charge in [-0.3, -0.25) is 9.10 Å². The van der Waals surface area contributed by atoms with Crippen LogP contribution in [0.15, 0.2) is 18.2 Å². The minimum atomic E-state index is -3.63. The van der Waals surface area contributed by atoms with Crippen molar-refractivity contribution < 1.29 is 13.2 Å². The minimum Gasteiger partial charge on any atom is -0.368 e. The second kappa shape index (κ2) is 5.79. The maximum atomic E-state index is 11.9. The highest BCUT2D eigenvalue weighted by atomic mass is 35.5. The summed E-state index contributed by atoms with van der Waals surface area (Å²) in [6.45, 7) is 3.51. The zero-order valence-electron chi connectivity index (χ0n) is 11.1. The monoisotopic (exact) mass is 304 g/mol. The van der Waals surface area contributed by atoms with E-state index in [9.17, 15) is 13.2 Å². The average Bonchev–Trinajstić information content (AvgIpc) is 2.27. The fourth-order valence-corrected chi connectivity index (χ4v) is 3.19. The number of aryl methyl sites for hydroxylation is 1. The van der Waals surface area contributed by atoms with Crippen LogP contribution in [0, 0.1) is 6.92 Å². The summed E-state index contributed by atoms with van der Waals surface area (Å²) in [6, 6.07) is 3.90. The first-order valence-electron chi connectivity index (χ1n) is 5.73. The smallest absolute Gasteiger partial charge is 0.241 e. The van der Waals surface area contributed by atoms with Gasteiger partial charge in [-0.15, -0.1) is 0 Å². The molecule has 0 saturated heterocycles. The third kappa shape index (κ3) is 3.61. The molecule has 1 rings (SSSR count). The van der Waals surface area contributed by atoms with Crippen molar-refractivity contribution in [1.29, 1.82) is 0 Å². The van der Waals surface area contributed by atoms with Gasteiger partial charge in [-0.2, -0.15) is 0 Å². The number of anilines is 1. The van der Waals surface area contributed by atoms with Crippen LogP contribution in [0.5, 0.6) is 0 Å². The van der Waals surface area contributed by atoms with Crippen molar-refractivity contribution in [2.45, 2.75) is 26.3 Å². The summed E-state index contributed by atoms with van der Waals surface area (Å²) in [5, 5.41) is 0.436. The second-order valence-corrected chi connectivity index (χ2v) is 6.59. The lowest BCUT2D eigenvalue weighted by Gasteiger charge is -2.29. The fourth-order valence-electron chi connectivity index (χ4n) is 1.80. The van der Waals surface area contributed by atoms with Crippen molar-refractivity contribution in [1.82, 2.24) is 0 Å². The summed E-state index contributed by atoms with van der Waals surface area (Å²) in [7, 11) is -3.63. The molecule has 0 aromatic heterocycles. The van der Waals surface area contributed by atoms with Crippen LogP contribution in [-0.2, 0) is 14.8 Å². The lowest BCUT2D eigenvalue weighted by atomic mass is 10.1. The molecule has 1 atom stereocenters. The molecule has 0 fully saturated rings. The zero-order chi connectivity index (χ0) is 14.8. The number of hydrogen-bond donors (Lipinski definition) is 1. The van der Waals surface area contributed by atoms with Crippen molar-refractivity contribution >= 4 is 33.2 Å². The molecule has 0 saturated carbocycles. The molecule has 5 nitrogen and oxygen atoms in total. The van der Waals surface area contributed by atoms with Crippen molar-refractivity contribution in [3.63, 3.8) is 0 Å². The number of nitrogens with zero attached hydrogens (tertiary/aromatic N) is 1. The third-order valence-corrected chi connectivity index (χ3v) is 4.35. The van der Waals surface area contributed by atoms with Crippen molar-refractivity contribution in [3.8, 4) is 0 Å². The van der Waals surface area contributed by atoms with Crippen molar-refractivity contribution in [3.05, 3.63) is 28.8 Å². The normalized spacial score (nSPS) is 13.1. The van der Waals surface area contributed by atoms with Gasteiger partial charge in [-0.05, 0) is 31.0 Å². The first-order valence-corrected chi connectivity index (χ1v) is 7.96. The van der Waals surface area contributed by atoms with Crippen LogP contribution in [0.4, 0.5) is 5.69 Å². The molecular weight excluding hydrogens is 288 g/mol. The molecule has 0 radical (unpaired) electrons. The fraction of sp³-hybridized carbons (Fsp3) is 0.417. The Hall–Kier alpha value is -1.27. The minimum absolute atomic E-state index is 0.286. The number of hydrogen-bond acceptors (Lipinski definition) is 3. The SMILES string of the molecule is CC[C@H](C(N)=O)N(c1ccc(C)c(Cl)c1)S(C)(=O)=O. The van der Waals surface area contributed by atoms with E-state index in [4.69, 9.17) is 17.3 Å². The molecule has 1 amide bonds. The summed E-state index contributed by atoms with van der Waals surface area (Å²) >= 11 is 6.00. The van der Waals surface area contributed by atoms with E-state index < -0.39 is 22.0 Å². The van der Waals surface area contributed by atoms with Gasteiger partial charge in [-0.1, -0.05) is 24.6 Å². The number of benzene rings is 1. The summed E-state index contributed by atoms with van der Waals surface area (Å²) in [4.78, 5) is 11.4. The van der Waals surface area contributed by atoms with Crippen LogP contribution in [0.3, 0.4) is 0 Å². The first kappa shape index (κ1) is 15.8. The molecule has 0 bridgehead atoms. The van der Waals surface area contributed by atoms with Gasteiger partial charge in [0, 0.05) is 5.02 Å². The van der Waals surface area contributed by atoms with Gasteiger partial charge < -0.3 is 5.73 Å². The molecular formula is C12H17ClN2O3S. The third-order valence-electron chi connectivity index (χ3n) is 2.77. The van der Waals surface area contributed by atoms with E-state index in [0.29, 0.717) is 10.7 Å². The topological polar surface area (TPSA) is 80.5 Å². The number of sulfonamides is 1. The largest absolute Gasteiger partial charge is 0.368 e. The van der Waals surface area contributed by atoms with Gasteiger partial charge >= 0.3 is 0 Å². The van der Waals surface area contributed by atoms with E-state index in [1.165, 1.54) is 6.07 Å². The van der Waals surface area contributed by atoms with Crippen LogP contribution in [0.2, 0.25) is 5.02 Å². The Morgan fingerprint density at radius 3 is 2.42 bits per heavy atom. The summed E-state index contributed by atoms with van der Waals surface area (Å²) in [5.41, 5.74) is 6.43. The van der Waals surface area contributed by atoms with Gasteiger partial charge in [-0.25, -0.2) is 8.42 Å². The highest BCUT2D eigenvalue weighted by Gasteiger charge is 2.30. The Balaban J connectivity index is 3.40. The van der Waals surface area contributed by atoms with E-state index in [-0.39, 0.29) is 6.42 Å². The number of primary amides is 1. The predicted molar refractivity (Wildman–Crippen MR) is 76.8 cm³/mol. The van der Waals surface area contributed by atoms with Gasteiger partial charge in [0.2, 0.25) is 15.9 Å². The van der Waals surface area contributed by atoms with Gasteiger partial charge in [0.1, 0.15) is 6.04 Å². The number of rotatable bonds is 5. The van der Waals surface area contributed by atoms with E-state index >= 15 is 0 Å². The highest BCUT2D eigenvalue weighted by molar-refractivity contribution is 7.92. The second-order valence-electron chi connectivity index (χ2n) is 4.32. The predicted octanol–water partition coefficient (Wildman–Crippen LogP) is 1.68. The lowest BCUT2D eigenvalue weighted by molar-refractivity contribution is -0.119. The van der Waals surface area contributed by atoms with E-state index in [1.54, 1.807) is 19.1 Å². The Morgan fingerprint density at radius 1 is 1.47 bits per heavy atom. The molecule has 0 unspecified atom stereocenters. The van der Waals surface area contributed by atoms with E-state index in [2.05, 4.69) is 0 Å². The number of amides is 1. The average molecular weight is 305 g/mol. The Morgan fingerprint density at radius 2 is 2.05 bits per heavy atom. The molecule has 2 N–H and O–H groups in total. The maximum absolute atomic E-state index is 11.9. The molecule has 0 aliphatic carbocycles. The highest BCUT2D eigenvalue weighted by Crippen LogP contribution is 2.27. The molecule has 0 heterocycles. The number of nitrogens with two attached hydrogens (primary N) is 1. The molecule has 0 aliphatic rings. The van der Waals surface area contributed by atoms with Crippen LogP contribution in [-0.4, -0.2) is 26.6 Å². The molecule has 106 valence electrons. The summed E-state index contributed by atoms with van der Waals surface area (Å²) in [6.07, 6.45) is 1.32. The lowest BCUT2D eigenvalue weighted by Crippen LogP contribution is -2.47.